The second-order valence-electron chi connectivity index (χ2n) is 5.13. The molecular formula is C17H28N2O3. The van der Waals surface area contributed by atoms with Crippen LogP contribution in [0.15, 0.2) is 18.2 Å². The number of carbonyl (C=O) groups excluding carboxylic acids is 1. The summed E-state index contributed by atoms with van der Waals surface area (Å²) in [6, 6.07) is 5.64. The number of ether oxygens (including phenoxy) is 2. The number of anilines is 1. The number of hydrogen-bond acceptors (Lipinski definition) is 4. The molecule has 0 atom stereocenters. The SMILES string of the molecule is CCCN(CCC)C(=O)CCNc1ccc(OC)c(OC)c1. The van der Waals surface area contributed by atoms with E-state index in [1.54, 1.807) is 14.2 Å². The molecule has 5 nitrogen and oxygen atoms in total. The molecule has 22 heavy (non-hydrogen) atoms. The summed E-state index contributed by atoms with van der Waals surface area (Å²) in [5, 5.41) is 3.26. The van der Waals surface area contributed by atoms with Gasteiger partial charge in [0.1, 0.15) is 0 Å². The lowest BCUT2D eigenvalue weighted by Gasteiger charge is -2.21. The number of benzene rings is 1. The Morgan fingerprint density at radius 3 is 2.27 bits per heavy atom. The smallest absolute Gasteiger partial charge is 0.224 e. The molecule has 0 aromatic heterocycles. The van der Waals surface area contributed by atoms with Crippen LogP contribution >= 0.6 is 0 Å². The van der Waals surface area contributed by atoms with Crippen LogP contribution in [0.2, 0.25) is 0 Å². The lowest BCUT2D eigenvalue weighted by Crippen LogP contribution is -2.33. The van der Waals surface area contributed by atoms with Gasteiger partial charge >= 0.3 is 0 Å². The molecule has 5 heteroatoms. The predicted molar refractivity (Wildman–Crippen MR) is 89.8 cm³/mol. The van der Waals surface area contributed by atoms with Gasteiger partial charge in [0.2, 0.25) is 5.91 Å². The van der Waals surface area contributed by atoms with Gasteiger partial charge in [0, 0.05) is 37.8 Å². The molecule has 0 fully saturated rings. The summed E-state index contributed by atoms with van der Waals surface area (Å²) < 4.78 is 10.5. The first-order valence-corrected chi connectivity index (χ1v) is 7.89. The zero-order chi connectivity index (χ0) is 16.4. The molecule has 0 bridgehead atoms. The van der Waals surface area contributed by atoms with E-state index >= 15 is 0 Å². The van der Waals surface area contributed by atoms with Gasteiger partial charge in [-0.2, -0.15) is 0 Å². The minimum atomic E-state index is 0.205. The van der Waals surface area contributed by atoms with Crippen LogP contribution in [0.1, 0.15) is 33.1 Å². The number of rotatable bonds is 10. The second kappa shape index (κ2) is 9.92. The lowest BCUT2D eigenvalue weighted by molar-refractivity contribution is -0.131. The molecule has 0 saturated carbocycles. The Balaban J connectivity index is 2.50. The van der Waals surface area contributed by atoms with Gasteiger partial charge in [0.25, 0.3) is 0 Å². The molecule has 0 aliphatic rings. The van der Waals surface area contributed by atoms with E-state index in [-0.39, 0.29) is 5.91 Å². The zero-order valence-electron chi connectivity index (χ0n) is 14.1. The molecule has 1 aromatic rings. The van der Waals surface area contributed by atoms with Crippen molar-refractivity contribution in [2.75, 3.05) is 39.2 Å². The largest absolute Gasteiger partial charge is 0.493 e. The molecule has 1 N–H and O–H groups in total. The van der Waals surface area contributed by atoms with E-state index in [0.717, 1.165) is 31.6 Å². The van der Waals surface area contributed by atoms with Gasteiger partial charge in [-0.1, -0.05) is 13.8 Å². The monoisotopic (exact) mass is 308 g/mol. The Hall–Kier alpha value is -1.91. The van der Waals surface area contributed by atoms with Crippen LogP contribution in [-0.2, 0) is 4.79 Å². The third-order valence-electron chi connectivity index (χ3n) is 3.39. The second-order valence-corrected chi connectivity index (χ2v) is 5.13. The van der Waals surface area contributed by atoms with Crippen molar-refractivity contribution in [3.05, 3.63) is 18.2 Å². The topological polar surface area (TPSA) is 50.8 Å². The highest BCUT2D eigenvalue weighted by molar-refractivity contribution is 5.76. The number of carbonyl (C=O) groups is 1. The average Bonchev–Trinajstić information content (AvgIpc) is 2.54. The van der Waals surface area contributed by atoms with Crippen molar-refractivity contribution < 1.29 is 14.3 Å². The van der Waals surface area contributed by atoms with E-state index in [1.165, 1.54) is 0 Å². The van der Waals surface area contributed by atoms with Crippen molar-refractivity contribution in [1.82, 2.24) is 4.90 Å². The van der Waals surface area contributed by atoms with Crippen LogP contribution in [0.3, 0.4) is 0 Å². The first-order chi connectivity index (χ1) is 10.7. The average molecular weight is 308 g/mol. The van der Waals surface area contributed by atoms with Gasteiger partial charge in [-0.15, -0.1) is 0 Å². The van der Waals surface area contributed by atoms with E-state index in [1.807, 2.05) is 23.1 Å². The van der Waals surface area contributed by atoms with Gasteiger partial charge < -0.3 is 19.7 Å². The van der Waals surface area contributed by atoms with Crippen molar-refractivity contribution in [1.29, 1.82) is 0 Å². The standard InChI is InChI=1S/C17H28N2O3/c1-5-11-19(12-6-2)17(20)9-10-18-14-7-8-15(21-3)16(13-14)22-4/h7-8,13,18H,5-6,9-12H2,1-4H3. The van der Waals surface area contributed by atoms with Crippen LogP contribution in [0.25, 0.3) is 0 Å². The molecule has 124 valence electrons. The Kier molecular flexibility index (Phi) is 8.18. The zero-order valence-corrected chi connectivity index (χ0v) is 14.1. The van der Waals surface area contributed by atoms with Crippen LogP contribution in [0, 0.1) is 0 Å². The van der Waals surface area contributed by atoms with E-state index in [4.69, 9.17) is 9.47 Å². The van der Waals surface area contributed by atoms with Crippen molar-refractivity contribution >= 4 is 11.6 Å². The Morgan fingerprint density at radius 2 is 1.73 bits per heavy atom. The summed E-state index contributed by atoms with van der Waals surface area (Å²) in [5.41, 5.74) is 0.919. The van der Waals surface area contributed by atoms with Crippen LogP contribution in [0.4, 0.5) is 5.69 Å². The maximum absolute atomic E-state index is 12.2. The maximum atomic E-state index is 12.2. The fraction of sp³-hybridized carbons (Fsp3) is 0.588. The summed E-state index contributed by atoms with van der Waals surface area (Å²) in [6.45, 7) is 6.47. The van der Waals surface area contributed by atoms with E-state index in [9.17, 15) is 4.79 Å². The van der Waals surface area contributed by atoms with Gasteiger partial charge in [-0.05, 0) is 25.0 Å². The summed E-state index contributed by atoms with van der Waals surface area (Å²) >= 11 is 0. The van der Waals surface area contributed by atoms with Crippen LogP contribution in [-0.4, -0.2) is 44.7 Å². The molecular weight excluding hydrogens is 280 g/mol. The first kappa shape index (κ1) is 18.1. The van der Waals surface area contributed by atoms with Crippen molar-refractivity contribution in [2.24, 2.45) is 0 Å². The summed E-state index contributed by atoms with van der Waals surface area (Å²) in [5.74, 6) is 1.58. The minimum Gasteiger partial charge on any atom is -0.493 e. The molecule has 0 spiro atoms. The highest BCUT2D eigenvalue weighted by atomic mass is 16.5. The number of nitrogens with one attached hydrogen (secondary N) is 1. The van der Waals surface area contributed by atoms with Gasteiger partial charge in [0.15, 0.2) is 11.5 Å². The molecule has 0 saturated heterocycles. The minimum absolute atomic E-state index is 0.205. The molecule has 0 aliphatic heterocycles. The number of amides is 1. The van der Waals surface area contributed by atoms with Crippen molar-refractivity contribution in [3.63, 3.8) is 0 Å². The summed E-state index contributed by atoms with van der Waals surface area (Å²) in [6.07, 6.45) is 2.48. The third-order valence-corrected chi connectivity index (χ3v) is 3.39. The molecule has 0 aliphatic carbocycles. The van der Waals surface area contributed by atoms with Crippen molar-refractivity contribution in [2.45, 2.75) is 33.1 Å². The summed E-state index contributed by atoms with van der Waals surface area (Å²) in [4.78, 5) is 14.1. The number of methoxy groups -OCH3 is 2. The lowest BCUT2D eigenvalue weighted by atomic mass is 10.2. The highest BCUT2D eigenvalue weighted by Gasteiger charge is 2.11. The van der Waals surface area contributed by atoms with Crippen LogP contribution in [0.5, 0.6) is 11.5 Å². The third kappa shape index (κ3) is 5.47. The van der Waals surface area contributed by atoms with Gasteiger partial charge in [-0.25, -0.2) is 0 Å². The maximum Gasteiger partial charge on any atom is 0.224 e. The Morgan fingerprint density at radius 1 is 1.09 bits per heavy atom. The van der Waals surface area contributed by atoms with E-state index < -0.39 is 0 Å². The molecule has 1 aromatic carbocycles. The van der Waals surface area contributed by atoms with Gasteiger partial charge in [-0.3, -0.25) is 4.79 Å². The molecule has 1 amide bonds. The predicted octanol–water partition coefficient (Wildman–Crippen LogP) is 3.15. The summed E-state index contributed by atoms with van der Waals surface area (Å²) in [7, 11) is 3.22. The number of hydrogen-bond donors (Lipinski definition) is 1. The van der Waals surface area contributed by atoms with E-state index in [0.29, 0.717) is 24.5 Å². The number of nitrogens with zero attached hydrogens (tertiary/aromatic N) is 1. The molecule has 0 radical (unpaired) electrons. The highest BCUT2D eigenvalue weighted by Crippen LogP contribution is 2.29. The van der Waals surface area contributed by atoms with E-state index in [2.05, 4.69) is 19.2 Å². The Labute approximate surface area is 133 Å². The molecule has 0 unspecified atom stereocenters. The normalized spacial score (nSPS) is 10.2. The molecule has 0 heterocycles. The van der Waals surface area contributed by atoms with Gasteiger partial charge in [0.05, 0.1) is 14.2 Å². The molecule has 1 rings (SSSR count). The fourth-order valence-electron chi connectivity index (χ4n) is 2.32. The first-order valence-electron chi connectivity index (χ1n) is 7.89. The van der Waals surface area contributed by atoms with Crippen LogP contribution < -0.4 is 14.8 Å². The Bertz CT molecular complexity index is 457. The fourth-order valence-corrected chi connectivity index (χ4v) is 2.32. The quantitative estimate of drug-likeness (QED) is 0.721. The van der Waals surface area contributed by atoms with Crippen molar-refractivity contribution in [3.8, 4) is 11.5 Å².